The molecule has 3 fully saturated rings. The number of carbonyl (C=O) groups excluding carboxylic acids is 4. The highest BCUT2D eigenvalue weighted by Gasteiger charge is 2.39. The van der Waals surface area contributed by atoms with Gasteiger partial charge in [-0.15, -0.1) is 0 Å². The van der Waals surface area contributed by atoms with Crippen molar-refractivity contribution in [3.63, 3.8) is 0 Å². The number of nitrogens with one attached hydrogen (secondary N) is 2. The summed E-state index contributed by atoms with van der Waals surface area (Å²) in [5, 5.41) is 10.2. The molecule has 0 bridgehead atoms. The van der Waals surface area contributed by atoms with Crippen LogP contribution in [-0.4, -0.2) is 98.1 Å². The van der Waals surface area contributed by atoms with Crippen molar-refractivity contribution in [1.82, 2.24) is 40.2 Å². The number of hydrogen-bond donors (Lipinski definition) is 2. The number of halogens is 2. The van der Waals surface area contributed by atoms with Crippen molar-refractivity contribution in [3.05, 3.63) is 101 Å². The summed E-state index contributed by atoms with van der Waals surface area (Å²) in [6.45, 7) is 3.48. The van der Waals surface area contributed by atoms with Crippen LogP contribution >= 0.6 is 0 Å². The van der Waals surface area contributed by atoms with Crippen LogP contribution in [0.2, 0.25) is 0 Å². The molecule has 0 spiro atoms. The Hall–Kier alpha value is -5.93. The van der Waals surface area contributed by atoms with E-state index in [1.807, 2.05) is 40.0 Å². The molecule has 2 N–H and O–H groups in total. The Morgan fingerprint density at radius 1 is 0.903 bits per heavy atom. The molecule has 5 aromatic rings. The number of hydrogen-bond acceptors (Lipinski definition) is 9. The quantitative estimate of drug-likeness (QED) is 0.106. The lowest BCUT2D eigenvalue weighted by Gasteiger charge is -2.32. The average Bonchev–Trinajstić information content (AvgIpc) is 3.91. The molecule has 2 atom stereocenters. The van der Waals surface area contributed by atoms with Crippen molar-refractivity contribution in [3.8, 4) is 22.4 Å². The Kier molecular flexibility index (Phi) is 12.2. The van der Waals surface area contributed by atoms with Gasteiger partial charge in [-0.05, 0) is 79.5 Å². The van der Waals surface area contributed by atoms with E-state index in [2.05, 4.69) is 20.7 Å². The van der Waals surface area contributed by atoms with Gasteiger partial charge in [0.15, 0.2) is 0 Å². The predicted octanol–water partition coefficient (Wildman–Crippen LogP) is 6.09. The van der Waals surface area contributed by atoms with E-state index in [-0.39, 0.29) is 48.3 Å². The molecule has 0 radical (unpaired) electrons. The third-order valence-corrected chi connectivity index (χ3v) is 12.7. The smallest absolute Gasteiger partial charge is 0.255 e. The first-order chi connectivity index (χ1) is 30.2. The first-order valence-corrected chi connectivity index (χ1v) is 21.8. The van der Waals surface area contributed by atoms with Crippen LogP contribution in [0.3, 0.4) is 0 Å². The van der Waals surface area contributed by atoms with Crippen molar-refractivity contribution < 1.29 is 32.7 Å². The van der Waals surface area contributed by atoms with Gasteiger partial charge in [0.2, 0.25) is 17.7 Å². The normalized spacial score (nSPS) is 19.6. The zero-order chi connectivity index (χ0) is 42.7. The van der Waals surface area contributed by atoms with Crippen molar-refractivity contribution in [2.75, 3.05) is 32.8 Å². The molecule has 2 unspecified atom stereocenters. The number of fused-ring (bicyclic) bond motifs is 2. The summed E-state index contributed by atoms with van der Waals surface area (Å²) in [6, 6.07) is 13.6. The second-order valence-electron chi connectivity index (χ2n) is 16.9. The zero-order valence-electron chi connectivity index (χ0n) is 34.6. The molecule has 62 heavy (non-hydrogen) atoms. The molecule has 13 nitrogen and oxygen atoms in total. The summed E-state index contributed by atoms with van der Waals surface area (Å²) in [5.74, 6) is -1.91. The predicted molar refractivity (Wildman–Crippen MR) is 227 cm³/mol. The number of nitrogens with zero attached hydrogens (tertiary/aromatic N) is 6. The van der Waals surface area contributed by atoms with Crippen LogP contribution < -0.4 is 10.6 Å². The van der Waals surface area contributed by atoms with Gasteiger partial charge in [-0.3, -0.25) is 34.2 Å². The number of amides is 4. The molecule has 4 aliphatic heterocycles. The van der Waals surface area contributed by atoms with E-state index in [1.165, 1.54) is 12.1 Å². The minimum Gasteiger partial charge on any atom is -0.375 e. The van der Waals surface area contributed by atoms with Crippen molar-refractivity contribution in [1.29, 1.82) is 0 Å². The molecule has 322 valence electrons. The highest BCUT2D eigenvalue weighted by Crippen LogP contribution is 2.33. The molecule has 0 aliphatic carbocycles. The van der Waals surface area contributed by atoms with Crippen LogP contribution in [0.1, 0.15) is 90.9 Å². The summed E-state index contributed by atoms with van der Waals surface area (Å²) in [5.41, 5.74) is 6.13. The molecular formula is C47H50F2N8O5. The maximum Gasteiger partial charge on any atom is 0.255 e. The third-order valence-electron chi connectivity index (χ3n) is 12.7. The molecule has 3 aromatic carbocycles. The highest BCUT2D eigenvalue weighted by atomic mass is 19.1. The van der Waals surface area contributed by atoms with Crippen molar-refractivity contribution in [2.24, 2.45) is 0 Å². The van der Waals surface area contributed by atoms with Crippen LogP contribution in [0.5, 0.6) is 0 Å². The number of likely N-dealkylation sites (tertiary alicyclic amines) is 1. The molecule has 9 rings (SSSR count). The van der Waals surface area contributed by atoms with E-state index in [9.17, 15) is 19.2 Å². The maximum atomic E-state index is 15.4. The Labute approximate surface area is 358 Å². The number of carbonyl (C=O) groups is 4. The number of piperidine rings is 2. The standard InChI is InChI=1S/C47H50F2N8O5/c48-38-21-31(22-39(49)37(38)23-34-25-50-16-19-62-34)35-7-5-8-40-45(35)53-41(26-51-40)32-24-52-57(28-32)33-14-17-55(18-15-33)44(59)9-4-2-1-3-6-29-10-11-30-27-56(47(61)36(30)20-29)42-12-13-43(58)54-46(42)60/h5,7-8,10-11,20-22,24,26,28,33-34,42,50H,1-4,6,9,12-19,23,25,27H2,(H,54,58,60). The van der Waals surface area contributed by atoms with Crippen molar-refractivity contribution in [2.45, 2.75) is 95.4 Å². The first kappa shape index (κ1) is 41.4. The minimum absolute atomic E-state index is 0.0121. The second kappa shape index (κ2) is 18.2. The second-order valence-corrected chi connectivity index (χ2v) is 16.9. The van der Waals surface area contributed by atoms with Crippen LogP contribution in [0, 0.1) is 11.6 Å². The molecule has 6 heterocycles. The zero-order valence-corrected chi connectivity index (χ0v) is 34.6. The molecule has 15 heteroatoms. The highest BCUT2D eigenvalue weighted by molar-refractivity contribution is 6.05. The topological polar surface area (TPSA) is 152 Å². The Balaban J connectivity index is 0.735. The number of unbranched alkanes of at least 4 members (excludes halogenated alkanes) is 3. The number of aryl methyl sites for hydroxylation is 1. The number of ether oxygens (including phenoxy) is 1. The van der Waals surface area contributed by atoms with Gasteiger partial charge >= 0.3 is 0 Å². The van der Waals surface area contributed by atoms with Crippen LogP contribution in [0.15, 0.2) is 67.1 Å². The summed E-state index contributed by atoms with van der Waals surface area (Å²) in [4.78, 5) is 63.3. The van der Waals surface area contributed by atoms with Gasteiger partial charge in [-0.1, -0.05) is 37.1 Å². The third kappa shape index (κ3) is 8.86. The molecule has 0 saturated carbocycles. The molecule has 4 aliphatic rings. The SMILES string of the molecule is O=C1CCC(N2Cc3ccc(CCCCCCC(=O)N4CCC(n5cc(-c6cnc7cccc(-c8cc(F)c(CC9CNCCO9)c(F)c8)c7n6)cn5)CC4)cc3C2=O)C(=O)N1. The fourth-order valence-electron chi connectivity index (χ4n) is 9.26. The molecule has 4 amide bonds. The summed E-state index contributed by atoms with van der Waals surface area (Å²) in [6.07, 6.45) is 12.4. The summed E-state index contributed by atoms with van der Waals surface area (Å²) < 4.78 is 38.4. The molecule has 2 aromatic heterocycles. The monoisotopic (exact) mass is 844 g/mol. The minimum atomic E-state index is -0.617. The number of aromatic nitrogens is 4. The maximum absolute atomic E-state index is 15.4. The van der Waals surface area contributed by atoms with Gasteiger partial charge in [0.05, 0.1) is 47.9 Å². The van der Waals surface area contributed by atoms with E-state index in [1.54, 1.807) is 29.4 Å². The van der Waals surface area contributed by atoms with Gasteiger partial charge in [0.25, 0.3) is 5.91 Å². The van der Waals surface area contributed by atoms with Gasteiger partial charge in [0.1, 0.15) is 17.7 Å². The summed E-state index contributed by atoms with van der Waals surface area (Å²) >= 11 is 0. The van der Waals surface area contributed by atoms with Crippen LogP contribution in [-0.2, 0) is 38.5 Å². The lowest BCUT2D eigenvalue weighted by atomic mass is 9.98. The fourth-order valence-corrected chi connectivity index (χ4v) is 9.26. The van der Waals surface area contributed by atoms with Crippen LogP contribution in [0.25, 0.3) is 33.4 Å². The Morgan fingerprint density at radius 3 is 2.52 bits per heavy atom. The Morgan fingerprint density at radius 2 is 1.73 bits per heavy atom. The van der Waals surface area contributed by atoms with E-state index in [0.29, 0.717) is 79.0 Å². The van der Waals surface area contributed by atoms with Gasteiger partial charge in [-0.2, -0.15) is 5.10 Å². The van der Waals surface area contributed by atoms with E-state index >= 15 is 8.78 Å². The number of imide groups is 1. The van der Waals surface area contributed by atoms with E-state index < -0.39 is 23.6 Å². The Bertz CT molecular complexity index is 2490. The largest absolute Gasteiger partial charge is 0.375 e. The number of morpholine rings is 1. The van der Waals surface area contributed by atoms with E-state index in [4.69, 9.17) is 9.72 Å². The average molecular weight is 845 g/mol. The number of para-hydroxylation sites is 1. The van der Waals surface area contributed by atoms with Gasteiger partial charge in [-0.25, -0.2) is 13.8 Å². The lowest BCUT2D eigenvalue weighted by Crippen LogP contribution is -2.52. The summed E-state index contributed by atoms with van der Waals surface area (Å²) in [7, 11) is 0. The molecule has 3 saturated heterocycles. The lowest BCUT2D eigenvalue weighted by molar-refractivity contribution is -0.137. The van der Waals surface area contributed by atoms with Gasteiger partial charge in [0, 0.05) is 80.4 Å². The number of rotatable bonds is 13. The molecular weight excluding hydrogens is 795 g/mol. The van der Waals surface area contributed by atoms with E-state index in [0.717, 1.165) is 68.2 Å². The first-order valence-electron chi connectivity index (χ1n) is 21.8. The van der Waals surface area contributed by atoms with Crippen molar-refractivity contribution >= 4 is 34.7 Å². The fraction of sp³-hybridized carbons (Fsp3) is 0.426. The number of benzene rings is 3. The van der Waals surface area contributed by atoms with Crippen LogP contribution in [0.4, 0.5) is 8.78 Å². The van der Waals surface area contributed by atoms with Gasteiger partial charge < -0.3 is 19.9 Å².